The van der Waals surface area contributed by atoms with E-state index in [1.165, 1.54) is 24.5 Å². The normalized spacial score (nSPS) is 17.5. The van der Waals surface area contributed by atoms with Crippen LogP contribution in [0, 0.1) is 11.7 Å². The number of halogens is 1. The molecule has 0 aliphatic carbocycles. The zero-order valence-electron chi connectivity index (χ0n) is 28.6. The van der Waals surface area contributed by atoms with Crippen LogP contribution in [0.1, 0.15) is 52.4 Å². The standard InChI is InChI=1S/C41H47FN4O3/c1-30-27-45(20-21-46(30)41(48)49-29-32-8-4-3-5-9-32)28-35-11-7-12-36(24-35)38-25-34(14-15-39(38)42)26-43-40(47)37-13-6-10-33(23-37)22-31-16-18-44(2)19-17-31/h3-15,23-25,30-31H,16-22,26-29H2,1-2H3,(H,43,47)/t30-/m0/s1. The van der Waals surface area contributed by atoms with Gasteiger partial charge in [-0.05, 0) is 110 Å². The van der Waals surface area contributed by atoms with E-state index >= 15 is 4.39 Å². The van der Waals surface area contributed by atoms with E-state index in [4.69, 9.17) is 4.74 Å². The molecule has 0 saturated carbocycles. The average molecular weight is 663 g/mol. The lowest BCUT2D eigenvalue weighted by Crippen LogP contribution is -2.53. The van der Waals surface area contributed by atoms with Crippen molar-refractivity contribution >= 4 is 12.0 Å². The highest BCUT2D eigenvalue weighted by Crippen LogP contribution is 2.27. The van der Waals surface area contributed by atoms with Crippen molar-refractivity contribution in [1.82, 2.24) is 20.0 Å². The number of benzene rings is 4. The van der Waals surface area contributed by atoms with E-state index < -0.39 is 0 Å². The third kappa shape index (κ3) is 9.34. The fraction of sp³-hybridized carbons (Fsp3) is 0.366. The van der Waals surface area contributed by atoms with E-state index in [9.17, 15) is 9.59 Å². The van der Waals surface area contributed by atoms with E-state index in [0.29, 0.717) is 36.7 Å². The highest BCUT2D eigenvalue weighted by atomic mass is 19.1. The van der Waals surface area contributed by atoms with Crippen LogP contribution in [0.2, 0.25) is 0 Å². The van der Waals surface area contributed by atoms with Gasteiger partial charge in [-0.2, -0.15) is 0 Å². The number of carbonyl (C=O) groups excluding carboxylic acids is 2. The van der Waals surface area contributed by atoms with Gasteiger partial charge >= 0.3 is 6.09 Å². The molecule has 0 spiro atoms. The lowest BCUT2D eigenvalue weighted by molar-refractivity contribution is 0.0458. The molecule has 2 heterocycles. The molecule has 2 aliphatic rings. The summed E-state index contributed by atoms with van der Waals surface area (Å²) in [6, 6.07) is 30.6. The first-order chi connectivity index (χ1) is 23.8. The zero-order valence-corrected chi connectivity index (χ0v) is 28.6. The number of carbonyl (C=O) groups is 2. The molecule has 49 heavy (non-hydrogen) atoms. The molecular weight excluding hydrogens is 615 g/mol. The van der Waals surface area contributed by atoms with Gasteiger partial charge in [0.2, 0.25) is 0 Å². The van der Waals surface area contributed by atoms with Crippen molar-refractivity contribution < 1.29 is 18.7 Å². The number of nitrogens with zero attached hydrogens (tertiary/aromatic N) is 3. The quantitative estimate of drug-likeness (QED) is 0.196. The molecule has 2 fully saturated rings. The second kappa shape index (κ2) is 16.2. The summed E-state index contributed by atoms with van der Waals surface area (Å²) in [5, 5.41) is 3.04. The van der Waals surface area contributed by atoms with Crippen LogP contribution in [0.15, 0.2) is 97.1 Å². The molecule has 2 saturated heterocycles. The summed E-state index contributed by atoms with van der Waals surface area (Å²) in [6.07, 6.45) is 3.08. The van der Waals surface area contributed by atoms with Crippen LogP contribution in [0.25, 0.3) is 11.1 Å². The summed E-state index contributed by atoms with van der Waals surface area (Å²) < 4.78 is 20.7. The summed E-state index contributed by atoms with van der Waals surface area (Å²) in [6.45, 7) is 7.58. The lowest BCUT2D eigenvalue weighted by Gasteiger charge is -2.39. The van der Waals surface area contributed by atoms with Gasteiger partial charge in [-0.3, -0.25) is 9.69 Å². The molecule has 0 radical (unpaired) electrons. The Bertz CT molecular complexity index is 1720. The molecule has 256 valence electrons. The number of ether oxygens (including phenoxy) is 1. The fourth-order valence-electron chi connectivity index (χ4n) is 6.97. The SMILES string of the molecule is C[C@H]1CN(Cc2cccc(-c3cc(CNC(=O)c4cccc(CC5CCN(C)CC5)c4)ccc3F)c2)CCN1C(=O)OCc1ccccc1. The number of rotatable bonds is 10. The van der Waals surface area contributed by atoms with Crippen LogP contribution >= 0.6 is 0 Å². The summed E-state index contributed by atoms with van der Waals surface area (Å²) in [4.78, 5) is 32.4. The first-order valence-corrected chi connectivity index (χ1v) is 17.4. The Morgan fingerprint density at radius 3 is 2.37 bits per heavy atom. The van der Waals surface area contributed by atoms with Crippen molar-refractivity contribution in [2.75, 3.05) is 39.8 Å². The Labute approximate surface area is 289 Å². The zero-order chi connectivity index (χ0) is 34.2. The van der Waals surface area contributed by atoms with E-state index in [2.05, 4.69) is 34.3 Å². The van der Waals surface area contributed by atoms with Crippen molar-refractivity contribution in [2.24, 2.45) is 5.92 Å². The van der Waals surface area contributed by atoms with Crippen LogP contribution in [0.5, 0.6) is 0 Å². The second-order valence-electron chi connectivity index (χ2n) is 13.7. The fourth-order valence-corrected chi connectivity index (χ4v) is 6.97. The van der Waals surface area contributed by atoms with Gasteiger partial charge in [-0.1, -0.05) is 66.7 Å². The molecule has 4 aromatic carbocycles. The van der Waals surface area contributed by atoms with Gasteiger partial charge < -0.3 is 19.9 Å². The number of piperidine rings is 1. The highest BCUT2D eigenvalue weighted by molar-refractivity contribution is 5.94. The van der Waals surface area contributed by atoms with Crippen molar-refractivity contribution in [3.63, 3.8) is 0 Å². The topological polar surface area (TPSA) is 65.1 Å². The monoisotopic (exact) mass is 662 g/mol. The van der Waals surface area contributed by atoms with E-state index in [-0.39, 0.29) is 30.5 Å². The molecule has 1 N–H and O–H groups in total. The van der Waals surface area contributed by atoms with Crippen molar-refractivity contribution in [3.8, 4) is 11.1 Å². The molecule has 2 amide bonds. The van der Waals surface area contributed by atoms with Crippen LogP contribution < -0.4 is 5.32 Å². The lowest BCUT2D eigenvalue weighted by atomic mass is 9.90. The summed E-state index contributed by atoms with van der Waals surface area (Å²) >= 11 is 0. The van der Waals surface area contributed by atoms with Crippen LogP contribution in [-0.2, 0) is 30.9 Å². The van der Waals surface area contributed by atoms with Crippen molar-refractivity contribution in [2.45, 2.75) is 51.9 Å². The maximum Gasteiger partial charge on any atom is 0.410 e. The van der Waals surface area contributed by atoms with Gasteiger partial charge in [0, 0.05) is 49.9 Å². The first kappa shape index (κ1) is 34.3. The van der Waals surface area contributed by atoms with Crippen molar-refractivity contribution in [3.05, 3.63) is 131 Å². The van der Waals surface area contributed by atoms with Gasteiger partial charge in [0.1, 0.15) is 12.4 Å². The molecule has 0 unspecified atom stereocenters. The van der Waals surface area contributed by atoms with Crippen LogP contribution in [0.4, 0.5) is 9.18 Å². The minimum atomic E-state index is -0.301. The van der Waals surface area contributed by atoms with Gasteiger partial charge in [-0.25, -0.2) is 9.18 Å². The number of amides is 2. The molecule has 0 aromatic heterocycles. The van der Waals surface area contributed by atoms with Crippen LogP contribution in [-0.4, -0.2) is 72.5 Å². The summed E-state index contributed by atoms with van der Waals surface area (Å²) in [5.74, 6) is 0.225. The number of hydrogen-bond acceptors (Lipinski definition) is 5. The molecule has 1 atom stereocenters. The average Bonchev–Trinajstić information content (AvgIpc) is 3.12. The molecule has 6 rings (SSSR count). The largest absolute Gasteiger partial charge is 0.445 e. The third-order valence-corrected chi connectivity index (χ3v) is 9.83. The molecule has 2 aliphatic heterocycles. The minimum absolute atomic E-state index is 0.00574. The van der Waals surface area contributed by atoms with Gasteiger partial charge in [0.05, 0.1) is 0 Å². The first-order valence-electron chi connectivity index (χ1n) is 17.4. The molecule has 0 bridgehead atoms. The number of piperazine rings is 1. The van der Waals surface area contributed by atoms with E-state index in [1.54, 1.807) is 11.0 Å². The maximum atomic E-state index is 15.2. The van der Waals surface area contributed by atoms with Gasteiger partial charge in [0.25, 0.3) is 5.91 Å². The summed E-state index contributed by atoms with van der Waals surface area (Å²) in [7, 11) is 2.17. The Hall–Kier alpha value is -4.53. The molecule has 8 heteroatoms. The Balaban J connectivity index is 1.03. The Morgan fingerprint density at radius 1 is 0.816 bits per heavy atom. The summed E-state index contributed by atoms with van der Waals surface area (Å²) in [5.41, 5.74) is 6.02. The Morgan fingerprint density at radius 2 is 1.57 bits per heavy atom. The van der Waals surface area contributed by atoms with Crippen LogP contribution in [0.3, 0.4) is 0 Å². The molecule has 4 aromatic rings. The van der Waals surface area contributed by atoms with E-state index in [0.717, 1.165) is 54.9 Å². The number of nitrogens with one attached hydrogen (secondary N) is 1. The highest BCUT2D eigenvalue weighted by Gasteiger charge is 2.28. The van der Waals surface area contributed by atoms with E-state index in [1.807, 2.05) is 79.7 Å². The smallest absolute Gasteiger partial charge is 0.410 e. The molecular formula is C41H47FN4O3. The van der Waals surface area contributed by atoms with Gasteiger partial charge in [0.15, 0.2) is 0 Å². The molecule has 7 nitrogen and oxygen atoms in total. The predicted octanol–water partition coefficient (Wildman–Crippen LogP) is 7.15. The Kier molecular flexibility index (Phi) is 11.4. The minimum Gasteiger partial charge on any atom is -0.445 e. The predicted molar refractivity (Wildman–Crippen MR) is 191 cm³/mol. The number of likely N-dealkylation sites (tertiary alicyclic amines) is 1. The second-order valence-corrected chi connectivity index (χ2v) is 13.7. The number of hydrogen-bond donors (Lipinski definition) is 1. The maximum absolute atomic E-state index is 15.2. The third-order valence-electron chi connectivity index (χ3n) is 9.83. The van der Waals surface area contributed by atoms with Crippen molar-refractivity contribution in [1.29, 1.82) is 0 Å². The van der Waals surface area contributed by atoms with Gasteiger partial charge in [-0.15, -0.1) is 0 Å².